The standard InChI is InChI=1S/C48H64FN3O13/c1-27-31(61-42(55)37(54)36(30-15-12-16-33(49)50-30)51-43(56)65-44(3,4)5)23-48(57)41(59-25-29-13-10-9-11-14-29)39-46(8,18-17-32-47(39,26-60-32)64-28(2)53)40-38(35(27)45(48,6)7)62-34(63-40)24-52-19-21-58-22-20-52/h9-16,31-32,34,36-41,54,57H,17-26H2,1-8H3,(H,51,56)/t31-,32+,34+,36-,37+,38+,39-,40+,41-,46+,47-,48+/m0/s1. The summed E-state index contributed by atoms with van der Waals surface area (Å²) in [6.07, 6.45) is -7.22. The van der Waals surface area contributed by atoms with Gasteiger partial charge in [-0.25, -0.2) is 14.6 Å². The number of halogens is 1. The van der Waals surface area contributed by atoms with Gasteiger partial charge < -0.3 is 53.4 Å². The fourth-order valence-corrected chi connectivity index (χ4v) is 11.5. The molecule has 1 aromatic heterocycles. The number of pyridine rings is 1. The van der Waals surface area contributed by atoms with Gasteiger partial charge in [-0.3, -0.25) is 9.69 Å². The number of aliphatic hydroxyl groups excluding tert-OH is 1. The molecule has 3 N–H and O–H groups in total. The van der Waals surface area contributed by atoms with Crippen LogP contribution in [0.3, 0.4) is 0 Å². The van der Waals surface area contributed by atoms with E-state index in [9.17, 15) is 29.0 Å². The van der Waals surface area contributed by atoms with E-state index in [2.05, 4.69) is 22.1 Å². The van der Waals surface area contributed by atoms with E-state index < -0.39 is 106 Å². The summed E-state index contributed by atoms with van der Waals surface area (Å²) in [5.74, 6) is -3.34. The molecular formula is C48H64FN3O13. The number of amides is 1. The summed E-state index contributed by atoms with van der Waals surface area (Å²) >= 11 is 0. The number of carbonyl (C=O) groups is 3. The predicted molar refractivity (Wildman–Crippen MR) is 229 cm³/mol. The summed E-state index contributed by atoms with van der Waals surface area (Å²) < 4.78 is 65.8. The van der Waals surface area contributed by atoms with Crippen LogP contribution in [0.15, 0.2) is 59.7 Å². The molecule has 8 rings (SSSR count). The molecule has 16 nitrogen and oxygen atoms in total. The van der Waals surface area contributed by atoms with Crippen LogP contribution in [0.2, 0.25) is 0 Å². The normalized spacial score (nSPS) is 35.2. The Morgan fingerprint density at radius 2 is 1.77 bits per heavy atom. The molecule has 5 fully saturated rings. The van der Waals surface area contributed by atoms with Crippen LogP contribution in [-0.2, 0) is 54.1 Å². The zero-order chi connectivity index (χ0) is 46.7. The molecule has 2 bridgehead atoms. The molecule has 6 aliphatic rings. The average molecular weight is 910 g/mol. The van der Waals surface area contributed by atoms with Crippen molar-refractivity contribution in [3.05, 3.63) is 76.9 Å². The number of carbonyl (C=O) groups excluding carboxylic acids is 3. The van der Waals surface area contributed by atoms with Gasteiger partial charge in [-0.05, 0) is 69.4 Å². The lowest BCUT2D eigenvalue weighted by atomic mass is 9.45. The van der Waals surface area contributed by atoms with Gasteiger partial charge in [0.1, 0.15) is 35.6 Å². The van der Waals surface area contributed by atoms with Crippen molar-refractivity contribution in [1.82, 2.24) is 15.2 Å². The number of benzene rings is 1. The highest BCUT2D eigenvalue weighted by molar-refractivity contribution is 5.78. The number of alkyl carbamates (subject to hydrolysis) is 1. The van der Waals surface area contributed by atoms with E-state index in [1.165, 1.54) is 19.1 Å². The summed E-state index contributed by atoms with van der Waals surface area (Å²) in [5, 5.41) is 28.3. The Kier molecular flexibility index (Phi) is 13.0. The van der Waals surface area contributed by atoms with E-state index in [0.717, 1.165) is 11.6 Å². The molecule has 12 atom stereocenters. The number of nitrogens with zero attached hydrogens (tertiary/aromatic N) is 2. The summed E-state index contributed by atoms with van der Waals surface area (Å²) in [6, 6.07) is 11.7. The van der Waals surface area contributed by atoms with Gasteiger partial charge in [-0.1, -0.05) is 57.2 Å². The van der Waals surface area contributed by atoms with Gasteiger partial charge in [-0.15, -0.1) is 0 Å². The monoisotopic (exact) mass is 909 g/mol. The second kappa shape index (κ2) is 17.9. The summed E-state index contributed by atoms with van der Waals surface area (Å²) in [6.45, 7) is 17.1. The smallest absolute Gasteiger partial charge is 0.408 e. The number of ether oxygens (including phenoxy) is 8. The molecule has 4 heterocycles. The third-order valence-corrected chi connectivity index (χ3v) is 14.6. The van der Waals surface area contributed by atoms with E-state index in [4.69, 9.17) is 37.9 Å². The molecule has 17 heteroatoms. The molecule has 1 amide bonds. The molecule has 1 aromatic carbocycles. The van der Waals surface area contributed by atoms with Crippen LogP contribution < -0.4 is 5.32 Å². The van der Waals surface area contributed by atoms with Crippen molar-refractivity contribution < 1.29 is 66.9 Å². The van der Waals surface area contributed by atoms with E-state index in [-0.39, 0.29) is 25.3 Å². The van der Waals surface area contributed by atoms with Gasteiger partial charge >= 0.3 is 18.0 Å². The number of hydrogen-bond acceptors (Lipinski definition) is 15. The Morgan fingerprint density at radius 3 is 2.42 bits per heavy atom. The Hall–Kier alpha value is -4.07. The van der Waals surface area contributed by atoms with Crippen LogP contribution in [0.1, 0.15) is 92.0 Å². The van der Waals surface area contributed by atoms with Gasteiger partial charge in [0.05, 0.1) is 44.3 Å². The third kappa shape index (κ3) is 8.83. The summed E-state index contributed by atoms with van der Waals surface area (Å²) in [4.78, 5) is 46.9. The lowest BCUT2D eigenvalue weighted by molar-refractivity contribution is -0.352. The number of nitrogens with one attached hydrogen (secondary N) is 1. The van der Waals surface area contributed by atoms with Crippen LogP contribution in [0.4, 0.5) is 9.18 Å². The highest BCUT2D eigenvalue weighted by Gasteiger charge is 2.76. The fourth-order valence-electron chi connectivity index (χ4n) is 11.5. The first kappa shape index (κ1) is 47.4. The Balaban J connectivity index is 1.24. The molecule has 0 unspecified atom stereocenters. The number of aliphatic hydroxyl groups is 2. The number of esters is 2. The second-order valence-electron chi connectivity index (χ2n) is 20.3. The van der Waals surface area contributed by atoms with E-state index >= 15 is 0 Å². The van der Waals surface area contributed by atoms with Gasteiger partial charge in [0.2, 0.25) is 5.95 Å². The zero-order valence-electron chi connectivity index (χ0n) is 38.5. The van der Waals surface area contributed by atoms with Crippen LogP contribution in [-0.4, -0.2) is 137 Å². The SMILES string of the molecule is CC(=O)O[C@@]12CO[C@@H]1CC[C@@]1(C)[C@@H]3O[C@H](CN4CCOCC4)O[C@@H]3C3=C(C)[C@@H](OC(=O)[C@H](O)[C@@H](NC(=O)OC(C)(C)C)c4cccc(F)n4)C[C@@](O)([C@@H](OCc4ccccc4)[C@@H]12)C3(C)C. The van der Waals surface area contributed by atoms with Crippen molar-refractivity contribution in [3.63, 3.8) is 0 Å². The zero-order valence-corrected chi connectivity index (χ0v) is 38.5. The topological polar surface area (TPSA) is 194 Å². The molecule has 356 valence electrons. The molecule has 0 radical (unpaired) electrons. The Labute approximate surface area is 379 Å². The fraction of sp³-hybridized carbons (Fsp3) is 0.667. The minimum Gasteiger partial charge on any atom is -0.456 e. The largest absolute Gasteiger partial charge is 0.456 e. The molecule has 3 aliphatic carbocycles. The second-order valence-corrected chi connectivity index (χ2v) is 20.3. The maximum atomic E-state index is 14.6. The first-order valence-corrected chi connectivity index (χ1v) is 22.7. The summed E-state index contributed by atoms with van der Waals surface area (Å²) in [7, 11) is 0. The molecule has 3 aliphatic heterocycles. The number of rotatable bonds is 11. The van der Waals surface area contributed by atoms with Crippen molar-refractivity contribution in [2.75, 3.05) is 39.5 Å². The number of morpholine rings is 1. The van der Waals surface area contributed by atoms with Crippen LogP contribution in [0, 0.1) is 22.7 Å². The molecule has 65 heavy (non-hydrogen) atoms. The molecule has 2 saturated carbocycles. The Morgan fingerprint density at radius 1 is 1.05 bits per heavy atom. The molecular weight excluding hydrogens is 846 g/mol. The molecule has 0 spiro atoms. The van der Waals surface area contributed by atoms with Crippen molar-refractivity contribution >= 4 is 18.0 Å². The van der Waals surface area contributed by atoms with Crippen molar-refractivity contribution in [1.29, 1.82) is 0 Å². The highest BCUT2D eigenvalue weighted by Crippen LogP contribution is 2.66. The van der Waals surface area contributed by atoms with E-state index in [0.29, 0.717) is 56.8 Å². The lowest BCUT2D eigenvalue weighted by Gasteiger charge is -2.68. The quantitative estimate of drug-likeness (QED) is 0.122. The maximum absolute atomic E-state index is 14.6. The van der Waals surface area contributed by atoms with E-state index in [1.807, 2.05) is 51.1 Å². The lowest BCUT2D eigenvalue weighted by Crippen LogP contribution is -2.79. The van der Waals surface area contributed by atoms with Gasteiger partial charge in [0, 0.05) is 49.7 Å². The maximum Gasteiger partial charge on any atom is 0.408 e. The minimum atomic E-state index is -2.12. The van der Waals surface area contributed by atoms with E-state index in [1.54, 1.807) is 20.8 Å². The van der Waals surface area contributed by atoms with Gasteiger partial charge in [0.15, 0.2) is 18.0 Å². The number of hydrogen-bond donors (Lipinski definition) is 3. The number of fused-ring (bicyclic) bond motifs is 8. The molecule has 2 aromatic rings. The average Bonchev–Trinajstić information content (AvgIpc) is 3.64. The van der Waals surface area contributed by atoms with Gasteiger partial charge in [0.25, 0.3) is 0 Å². The van der Waals surface area contributed by atoms with Crippen LogP contribution in [0.25, 0.3) is 0 Å². The van der Waals surface area contributed by atoms with Crippen molar-refractivity contribution in [2.24, 2.45) is 16.7 Å². The van der Waals surface area contributed by atoms with Crippen molar-refractivity contribution in [3.8, 4) is 0 Å². The van der Waals surface area contributed by atoms with Gasteiger partial charge in [-0.2, -0.15) is 4.39 Å². The third-order valence-electron chi connectivity index (χ3n) is 14.6. The van der Waals surface area contributed by atoms with Crippen LogP contribution >= 0.6 is 0 Å². The predicted octanol–water partition coefficient (Wildman–Crippen LogP) is 4.70. The molecule has 3 saturated heterocycles. The Bertz CT molecular complexity index is 2130. The summed E-state index contributed by atoms with van der Waals surface area (Å²) in [5.41, 5.74) is -4.21. The minimum absolute atomic E-state index is 0.0567. The highest BCUT2D eigenvalue weighted by atomic mass is 19.1. The first-order chi connectivity index (χ1) is 30.7. The van der Waals surface area contributed by atoms with Crippen molar-refractivity contribution in [2.45, 2.75) is 147 Å². The number of aromatic nitrogens is 1. The van der Waals surface area contributed by atoms with Crippen LogP contribution in [0.5, 0.6) is 0 Å². The first-order valence-electron chi connectivity index (χ1n) is 22.7.